The van der Waals surface area contributed by atoms with Crippen LogP contribution in [-0.2, 0) is 17.8 Å². The molecule has 0 aliphatic carbocycles. The Bertz CT molecular complexity index is 1570. The Morgan fingerprint density at radius 3 is 2.03 bits per heavy atom. The summed E-state index contributed by atoms with van der Waals surface area (Å²) in [7, 11) is 4.63. The predicted molar refractivity (Wildman–Crippen MR) is 150 cm³/mol. The van der Waals surface area contributed by atoms with Gasteiger partial charge in [0.2, 0.25) is 0 Å². The number of rotatable bonds is 11. The van der Waals surface area contributed by atoms with Crippen molar-refractivity contribution in [3.8, 4) is 11.5 Å². The van der Waals surface area contributed by atoms with Crippen LogP contribution < -0.4 is 26.0 Å². The van der Waals surface area contributed by atoms with Gasteiger partial charge in [-0.25, -0.2) is 4.79 Å². The zero-order valence-electron chi connectivity index (χ0n) is 22.7. The van der Waals surface area contributed by atoms with Crippen molar-refractivity contribution >= 4 is 16.8 Å². The molecule has 204 valence electrons. The van der Waals surface area contributed by atoms with Gasteiger partial charge in [-0.05, 0) is 42.7 Å². The fraction of sp³-hybridized carbons (Fsp3) is 0.300. The second kappa shape index (κ2) is 12.4. The van der Waals surface area contributed by atoms with Crippen LogP contribution in [0, 0.1) is 6.92 Å². The smallest absolute Gasteiger partial charge is 0.332 e. The molecule has 9 nitrogen and oxygen atoms in total. The molecule has 1 amide bonds. The average Bonchev–Trinajstić information content (AvgIpc) is 2.96. The fourth-order valence-electron chi connectivity index (χ4n) is 4.38. The number of carbonyl (C=O) groups excluding carboxylic acids is 1. The first-order valence-corrected chi connectivity index (χ1v) is 12.7. The van der Waals surface area contributed by atoms with Crippen molar-refractivity contribution in [2.75, 3.05) is 34.5 Å². The third-order valence-corrected chi connectivity index (χ3v) is 6.56. The number of nitrogens with one attached hydrogen (secondary N) is 1. The molecular weight excluding hydrogens is 498 g/mol. The van der Waals surface area contributed by atoms with E-state index < -0.39 is 11.2 Å². The minimum absolute atomic E-state index is 0.0472. The molecule has 39 heavy (non-hydrogen) atoms. The van der Waals surface area contributed by atoms with Crippen LogP contribution >= 0.6 is 0 Å². The van der Waals surface area contributed by atoms with Crippen LogP contribution in [0.15, 0.2) is 70.3 Å². The minimum atomic E-state index is -0.444. The summed E-state index contributed by atoms with van der Waals surface area (Å²) < 4.78 is 18.7. The van der Waals surface area contributed by atoms with E-state index in [9.17, 15) is 14.4 Å². The van der Waals surface area contributed by atoms with Crippen molar-refractivity contribution in [2.45, 2.75) is 26.4 Å². The SMILES string of the molecule is COCCCNC(=O)c1ccc(Cn2c(=O)c3cc(OC)c(OC)cc3n(Cc3ccc(C)cc3)c2=O)cc1. The number of hydrogen-bond donors (Lipinski definition) is 1. The number of ether oxygens (including phenoxy) is 3. The summed E-state index contributed by atoms with van der Waals surface area (Å²) in [6.45, 7) is 3.40. The fourth-order valence-corrected chi connectivity index (χ4v) is 4.38. The molecule has 0 spiro atoms. The average molecular weight is 532 g/mol. The van der Waals surface area contributed by atoms with E-state index >= 15 is 0 Å². The highest BCUT2D eigenvalue weighted by Gasteiger charge is 2.18. The van der Waals surface area contributed by atoms with Gasteiger partial charge in [0.05, 0.1) is 38.2 Å². The Kier molecular flexibility index (Phi) is 8.83. The number of aromatic nitrogens is 2. The van der Waals surface area contributed by atoms with Gasteiger partial charge in [-0.1, -0.05) is 42.0 Å². The topological polar surface area (TPSA) is 101 Å². The van der Waals surface area contributed by atoms with Gasteiger partial charge in [0.1, 0.15) is 0 Å². The van der Waals surface area contributed by atoms with Gasteiger partial charge in [-0.2, -0.15) is 0 Å². The molecule has 4 aromatic rings. The van der Waals surface area contributed by atoms with Crippen LogP contribution in [0.4, 0.5) is 0 Å². The van der Waals surface area contributed by atoms with E-state index in [2.05, 4.69) is 5.32 Å². The molecule has 0 aliphatic rings. The lowest BCUT2D eigenvalue weighted by Gasteiger charge is -2.17. The number of fused-ring (bicyclic) bond motifs is 1. The molecule has 0 saturated carbocycles. The van der Waals surface area contributed by atoms with E-state index in [-0.39, 0.29) is 19.0 Å². The molecule has 4 rings (SSSR count). The highest BCUT2D eigenvalue weighted by molar-refractivity contribution is 5.94. The van der Waals surface area contributed by atoms with Crippen LogP contribution in [0.1, 0.15) is 33.5 Å². The van der Waals surface area contributed by atoms with Crippen LogP contribution in [0.2, 0.25) is 0 Å². The van der Waals surface area contributed by atoms with Gasteiger partial charge in [-0.3, -0.25) is 18.7 Å². The molecule has 0 bridgehead atoms. The van der Waals surface area contributed by atoms with Crippen molar-refractivity contribution in [3.63, 3.8) is 0 Å². The number of aryl methyl sites for hydroxylation is 1. The first kappa shape index (κ1) is 27.7. The van der Waals surface area contributed by atoms with Gasteiger partial charge >= 0.3 is 5.69 Å². The minimum Gasteiger partial charge on any atom is -0.493 e. The lowest BCUT2D eigenvalue weighted by atomic mass is 10.1. The van der Waals surface area contributed by atoms with Gasteiger partial charge in [0.25, 0.3) is 11.5 Å². The zero-order valence-corrected chi connectivity index (χ0v) is 22.7. The van der Waals surface area contributed by atoms with Crippen molar-refractivity contribution in [1.82, 2.24) is 14.5 Å². The Hall–Kier alpha value is -4.37. The third kappa shape index (κ3) is 6.21. The van der Waals surface area contributed by atoms with Crippen LogP contribution in [0.3, 0.4) is 0 Å². The Morgan fingerprint density at radius 1 is 0.821 bits per heavy atom. The molecule has 0 saturated heterocycles. The molecule has 1 N–H and O–H groups in total. The quantitative estimate of drug-likeness (QED) is 0.298. The van der Waals surface area contributed by atoms with Crippen LogP contribution in [0.25, 0.3) is 10.9 Å². The van der Waals surface area contributed by atoms with Crippen molar-refractivity contribution < 1.29 is 19.0 Å². The van der Waals surface area contributed by atoms with E-state index in [4.69, 9.17) is 14.2 Å². The maximum absolute atomic E-state index is 13.8. The maximum Gasteiger partial charge on any atom is 0.332 e. The highest BCUT2D eigenvalue weighted by Crippen LogP contribution is 2.30. The second-order valence-corrected chi connectivity index (χ2v) is 9.27. The molecular formula is C30H33N3O6. The molecule has 0 unspecified atom stereocenters. The lowest BCUT2D eigenvalue weighted by molar-refractivity contribution is 0.0948. The second-order valence-electron chi connectivity index (χ2n) is 9.27. The molecule has 3 aromatic carbocycles. The van der Waals surface area contributed by atoms with Gasteiger partial charge in [0, 0.05) is 31.9 Å². The summed E-state index contributed by atoms with van der Waals surface area (Å²) in [6, 6.07) is 18.0. The number of amides is 1. The first-order valence-electron chi connectivity index (χ1n) is 12.7. The summed E-state index contributed by atoms with van der Waals surface area (Å²) in [5.41, 5.74) is 2.82. The summed E-state index contributed by atoms with van der Waals surface area (Å²) in [5.74, 6) is 0.632. The van der Waals surface area contributed by atoms with Gasteiger partial charge in [-0.15, -0.1) is 0 Å². The maximum atomic E-state index is 13.8. The van der Waals surface area contributed by atoms with E-state index in [0.29, 0.717) is 46.7 Å². The predicted octanol–water partition coefficient (Wildman–Crippen LogP) is 3.35. The highest BCUT2D eigenvalue weighted by atomic mass is 16.5. The van der Waals surface area contributed by atoms with Gasteiger partial charge in [0.15, 0.2) is 11.5 Å². The number of carbonyl (C=O) groups is 1. The molecule has 9 heteroatoms. The normalized spacial score (nSPS) is 11.0. The lowest BCUT2D eigenvalue weighted by Crippen LogP contribution is -2.40. The summed E-state index contributed by atoms with van der Waals surface area (Å²) >= 11 is 0. The Morgan fingerprint density at radius 2 is 1.41 bits per heavy atom. The van der Waals surface area contributed by atoms with Crippen molar-refractivity contribution in [1.29, 1.82) is 0 Å². The molecule has 0 fully saturated rings. The monoisotopic (exact) mass is 531 g/mol. The van der Waals surface area contributed by atoms with Crippen LogP contribution in [-0.4, -0.2) is 49.5 Å². The number of methoxy groups -OCH3 is 3. The zero-order chi connectivity index (χ0) is 27.9. The Labute approximate surface area is 226 Å². The standard InChI is InChI=1S/C30H33N3O6/c1-20-6-8-21(9-7-20)18-32-25-17-27(39-4)26(38-3)16-24(25)29(35)33(30(32)36)19-22-10-12-23(13-11-22)28(34)31-14-5-15-37-2/h6-13,16-17H,5,14-15,18-19H2,1-4H3,(H,31,34). The Balaban J connectivity index is 1.73. The largest absolute Gasteiger partial charge is 0.493 e. The summed E-state index contributed by atoms with van der Waals surface area (Å²) in [4.78, 5) is 39.8. The molecule has 0 radical (unpaired) electrons. The van der Waals surface area contributed by atoms with Gasteiger partial charge < -0.3 is 19.5 Å². The van der Waals surface area contributed by atoms with E-state index in [1.807, 2.05) is 31.2 Å². The number of benzene rings is 3. The molecule has 1 aromatic heterocycles. The van der Waals surface area contributed by atoms with Crippen LogP contribution in [0.5, 0.6) is 11.5 Å². The summed E-state index contributed by atoms with van der Waals surface area (Å²) in [6.07, 6.45) is 0.719. The molecule has 0 aliphatic heterocycles. The third-order valence-electron chi connectivity index (χ3n) is 6.56. The van der Waals surface area contributed by atoms with Crippen molar-refractivity contribution in [2.24, 2.45) is 0 Å². The van der Waals surface area contributed by atoms with Crippen molar-refractivity contribution in [3.05, 3.63) is 104 Å². The molecule has 0 atom stereocenters. The first-order chi connectivity index (χ1) is 18.9. The molecule has 1 heterocycles. The van der Waals surface area contributed by atoms with E-state index in [1.165, 1.54) is 18.8 Å². The van der Waals surface area contributed by atoms with E-state index in [0.717, 1.165) is 17.5 Å². The number of nitrogens with zero attached hydrogens (tertiary/aromatic N) is 2. The van der Waals surface area contributed by atoms with E-state index in [1.54, 1.807) is 48.1 Å². The number of hydrogen-bond acceptors (Lipinski definition) is 6. The summed E-state index contributed by atoms with van der Waals surface area (Å²) in [5, 5.41) is 3.19.